The molecule has 0 radical (unpaired) electrons. The van der Waals surface area contributed by atoms with Crippen molar-refractivity contribution >= 4 is 34.4 Å². The van der Waals surface area contributed by atoms with Crippen LogP contribution in [0, 0.1) is 0 Å². The van der Waals surface area contributed by atoms with Crippen molar-refractivity contribution in [1.82, 2.24) is 9.88 Å². The lowest BCUT2D eigenvalue weighted by atomic mass is 10.1. The van der Waals surface area contributed by atoms with Crippen LogP contribution in [0.5, 0.6) is 0 Å². The zero-order chi connectivity index (χ0) is 21.6. The average Bonchev–Trinajstić information content (AvgIpc) is 3.24. The normalized spacial score (nSPS) is 10.9. The van der Waals surface area contributed by atoms with Gasteiger partial charge in [-0.25, -0.2) is 9.98 Å². The van der Waals surface area contributed by atoms with E-state index in [1.165, 1.54) is 11.3 Å². The maximum Gasteiger partial charge on any atom is 0.268 e. The van der Waals surface area contributed by atoms with Crippen LogP contribution >= 0.6 is 11.3 Å². The Morgan fingerprint density at radius 3 is 2.06 bits per heavy atom. The van der Waals surface area contributed by atoms with E-state index < -0.39 is 0 Å². The van der Waals surface area contributed by atoms with Crippen LogP contribution in [0.25, 0.3) is 22.4 Å². The molecule has 31 heavy (non-hydrogen) atoms. The van der Waals surface area contributed by atoms with Gasteiger partial charge < -0.3 is 10.2 Å². The van der Waals surface area contributed by atoms with E-state index in [1.54, 1.807) is 6.34 Å². The lowest BCUT2D eigenvalue weighted by Gasteiger charge is -2.07. The molecule has 1 aromatic heterocycles. The Bertz CT molecular complexity index is 1180. The molecule has 3 aromatic carbocycles. The van der Waals surface area contributed by atoms with Crippen LogP contribution < -0.4 is 5.32 Å². The van der Waals surface area contributed by atoms with Crippen molar-refractivity contribution in [3.8, 4) is 22.4 Å². The van der Waals surface area contributed by atoms with E-state index in [1.807, 2.05) is 91.8 Å². The van der Waals surface area contributed by atoms with Gasteiger partial charge in [0.05, 0.1) is 12.0 Å². The molecule has 0 fully saturated rings. The number of carbonyl (C=O) groups is 1. The van der Waals surface area contributed by atoms with Gasteiger partial charge in [0, 0.05) is 25.3 Å². The first-order valence-electron chi connectivity index (χ1n) is 9.84. The minimum absolute atomic E-state index is 0.199. The highest BCUT2D eigenvalue weighted by Gasteiger charge is 2.19. The molecule has 0 atom stereocenters. The van der Waals surface area contributed by atoms with Crippen molar-refractivity contribution in [2.75, 3.05) is 19.4 Å². The van der Waals surface area contributed by atoms with Crippen molar-refractivity contribution in [1.29, 1.82) is 0 Å². The van der Waals surface area contributed by atoms with Gasteiger partial charge in [-0.3, -0.25) is 4.79 Å². The number of nitrogens with one attached hydrogen (secondary N) is 1. The zero-order valence-electron chi connectivity index (χ0n) is 17.3. The summed E-state index contributed by atoms with van der Waals surface area (Å²) in [6.45, 7) is 0. The van der Waals surface area contributed by atoms with Gasteiger partial charge in [0.1, 0.15) is 4.88 Å². The first-order chi connectivity index (χ1) is 15.1. The number of nitrogens with zero attached hydrogens (tertiary/aromatic N) is 3. The van der Waals surface area contributed by atoms with Crippen molar-refractivity contribution < 1.29 is 4.79 Å². The summed E-state index contributed by atoms with van der Waals surface area (Å²) in [5.74, 6) is -0.199. The summed E-state index contributed by atoms with van der Waals surface area (Å²) >= 11 is 1.28. The molecule has 4 rings (SSSR count). The lowest BCUT2D eigenvalue weighted by Crippen LogP contribution is -2.11. The molecule has 4 aromatic rings. The van der Waals surface area contributed by atoms with Gasteiger partial charge >= 0.3 is 0 Å². The Kier molecular flexibility index (Phi) is 6.19. The second kappa shape index (κ2) is 9.36. The third-order valence-electron chi connectivity index (χ3n) is 4.52. The molecule has 0 aliphatic rings. The topological polar surface area (TPSA) is 57.6 Å². The van der Waals surface area contributed by atoms with Crippen molar-refractivity contribution in [2.24, 2.45) is 4.99 Å². The highest BCUT2D eigenvalue weighted by Crippen LogP contribution is 2.33. The number of hydrogen-bond acceptors (Lipinski definition) is 4. The molecule has 1 N–H and O–H groups in total. The van der Waals surface area contributed by atoms with Crippen molar-refractivity contribution in [3.63, 3.8) is 0 Å². The van der Waals surface area contributed by atoms with Crippen LogP contribution in [0.1, 0.15) is 9.67 Å². The molecular weight excluding hydrogens is 404 g/mol. The van der Waals surface area contributed by atoms with Crippen LogP contribution in [0.2, 0.25) is 0 Å². The third kappa shape index (κ3) is 5.05. The monoisotopic (exact) mass is 426 g/mol. The molecule has 1 amide bonds. The summed E-state index contributed by atoms with van der Waals surface area (Å²) in [4.78, 5) is 24.5. The van der Waals surface area contributed by atoms with Crippen LogP contribution in [-0.4, -0.2) is 36.2 Å². The Hall–Kier alpha value is -3.77. The van der Waals surface area contributed by atoms with Gasteiger partial charge in [-0.1, -0.05) is 84.1 Å². The average molecular weight is 427 g/mol. The summed E-state index contributed by atoms with van der Waals surface area (Å²) in [7, 11) is 3.78. The molecule has 0 saturated carbocycles. The van der Waals surface area contributed by atoms with Crippen LogP contribution in [0.15, 0.2) is 89.9 Å². The smallest absolute Gasteiger partial charge is 0.268 e. The minimum atomic E-state index is -0.199. The highest BCUT2D eigenvalue weighted by atomic mass is 32.1. The van der Waals surface area contributed by atoms with Gasteiger partial charge in [-0.2, -0.15) is 0 Å². The number of aliphatic imine (C=N–C) groups is 1. The van der Waals surface area contributed by atoms with E-state index in [0.717, 1.165) is 22.4 Å². The number of rotatable bonds is 6. The van der Waals surface area contributed by atoms with Gasteiger partial charge in [0.15, 0.2) is 0 Å². The summed E-state index contributed by atoms with van der Waals surface area (Å²) in [6, 6.07) is 27.7. The summed E-state index contributed by atoms with van der Waals surface area (Å²) < 4.78 is 0. The summed E-state index contributed by atoms with van der Waals surface area (Å²) in [5.41, 5.74) is 4.49. The van der Waals surface area contributed by atoms with E-state index in [-0.39, 0.29) is 5.91 Å². The standard InChI is InChI=1S/C25H22N4OS/c1-29(2)17-26-25-28-22(20-11-7-4-8-12-20)23(31-25)24(30)27-21-15-13-19(14-16-21)18-9-5-3-6-10-18/h3-17H,1-2H3,(H,27,30). The molecule has 0 bridgehead atoms. The Morgan fingerprint density at radius 1 is 0.871 bits per heavy atom. The predicted molar refractivity (Wildman–Crippen MR) is 129 cm³/mol. The highest BCUT2D eigenvalue weighted by molar-refractivity contribution is 7.17. The van der Waals surface area contributed by atoms with E-state index in [0.29, 0.717) is 15.7 Å². The SMILES string of the molecule is CN(C)C=Nc1nc(-c2ccccc2)c(C(=O)Nc2ccc(-c3ccccc3)cc2)s1. The van der Waals surface area contributed by atoms with Crippen molar-refractivity contribution in [3.05, 3.63) is 89.8 Å². The second-order valence-electron chi connectivity index (χ2n) is 7.15. The number of carbonyl (C=O) groups excluding carboxylic acids is 1. The summed E-state index contributed by atoms with van der Waals surface area (Å²) in [6.07, 6.45) is 1.68. The maximum atomic E-state index is 13.1. The quantitative estimate of drug-likeness (QED) is 0.306. The molecule has 154 valence electrons. The minimum Gasteiger partial charge on any atom is -0.369 e. The third-order valence-corrected chi connectivity index (χ3v) is 5.48. The zero-order valence-corrected chi connectivity index (χ0v) is 18.1. The predicted octanol–water partition coefficient (Wildman–Crippen LogP) is 5.95. The van der Waals surface area contributed by atoms with Gasteiger partial charge in [0.2, 0.25) is 5.13 Å². The fourth-order valence-electron chi connectivity index (χ4n) is 3.04. The number of aromatic nitrogens is 1. The first-order valence-corrected chi connectivity index (χ1v) is 10.7. The van der Waals surface area contributed by atoms with Crippen LogP contribution in [0.4, 0.5) is 10.8 Å². The van der Waals surface area contributed by atoms with Crippen molar-refractivity contribution in [2.45, 2.75) is 0 Å². The summed E-state index contributed by atoms with van der Waals surface area (Å²) in [5, 5.41) is 3.53. The molecule has 1 heterocycles. The molecule has 6 heteroatoms. The maximum absolute atomic E-state index is 13.1. The Labute approximate surface area is 185 Å². The lowest BCUT2D eigenvalue weighted by molar-refractivity contribution is 0.103. The molecule has 5 nitrogen and oxygen atoms in total. The second-order valence-corrected chi connectivity index (χ2v) is 8.12. The van der Waals surface area contributed by atoms with Crippen LogP contribution in [0.3, 0.4) is 0 Å². The fraction of sp³-hybridized carbons (Fsp3) is 0.0800. The number of benzene rings is 3. The molecule has 0 spiro atoms. The number of amides is 1. The molecule has 0 aliphatic heterocycles. The molecule has 0 unspecified atom stereocenters. The van der Waals surface area contributed by atoms with Gasteiger partial charge in [0.25, 0.3) is 5.91 Å². The fourth-order valence-corrected chi connectivity index (χ4v) is 3.86. The molecule has 0 saturated heterocycles. The number of anilines is 1. The van der Waals surface area contributed by atoms with E-state index in [2.05, 4.69) is 27.4 Å². The van der Waals surface area contributed by atoms with Gasteiger partial charge in [-0.05, 0) is 23.3 Å². The van der Waals surface area contributed by atoms with E-state index in [9.17, 15) is 4.79 Å². The Balaban J connectivity index is 1.60. The molecular formula is C25H22N4OS. The van der Waals surface area contributed by atoms with E-state index in [4.69, 9.17) is 0 Å². The first kappa shape index (κ1) is 20.5. The molecule has 0 aliphatic carbocycles. The number of hydrogen-bond donors (Lipinski definition) is 1. The number of thiazole rings is 1. The Morgan fingerprint density at radius 2 is 1.45 bits per heavy atom. The van der Waals surface area contributed by atoms with Crippen LogP contribution in [-0.2, 0) is 0 Å². The largest absolute Gasteiger partial charge is 0.369 e. The van der Waals surface area contributed by atoms with E-state index >= 15 is 0 Å². The van der Waals surface area contributed by atoms with Gasteiger partial charge in [-0.15, -0.1) is 0 Å².